The molecule has 0 aliphatic carbocycles. The summed E-state index contributed by atoms with van der Waals surface area (Å²) < 4.78 is 6.23. The molecule has 2 heteroatoms. The summed E-state index contributed by atoms with van der Waals surface area (Å²) >= 11 is 0. The van der Waals surface area contributed by atoms with Gasteiger partial charge in [-0.2, -0.15) is 0 Å². The summed E-state index contributed by atoms with van der Waals surface area (Å²) in [4.78, 5) is 0. The zero-order valence-electron chi connectivity index (χ0n) is 13.1. The number of benzene rings is 1. The highest BCUT2D eigenvalue weighted by Gasteiger charge is 2.16. The molecule has 0 saturated carbocycles. The van der Waals surface area contributed by atoms with E-state index in [2.05, 4.69) is 64.2 Å². The predicted octanol–water partition coefficient (Wildman–Crippen LogP) is 4.10. The SMILES string of the molecule is CCNCC(OC(C)CC(C)C)c1ccc(C)cc1. The second kappa shape index (κ2) is 8.34. The van der Waals surface area contributed by atoms with Gasteiger partial charge in [-0.25, -0.2) is 0 Å². The lowest BCUT2D eigenvalue weighted by atomic mass is 10.0. The fourth-order valence-corrected chi connectivity index (χ4v) is 2.30. The Morgan fingerprint density at radius 1 is 1.11 bits per heavy atom. The zero-order chi connectivity index (χ0) is 14.3. The molecule has 0 aliphatic heterocycles. The van der Waals surface area contributed by atoms with Crippen molar-refractivity contribution in [1.29, 1.82) is 0 Å². The van der Waals surface area contributed by atoms with E-state index in [4.69, 9.17) is 4.74 Å². The third kappa shape index (κ3) is 6.22. The summed E-state index contributed by atoms with van der Waals surface area (Å²) in [7, 11) is 0. The number of hydrogen-bond acceptors (Lipinski definition) is 2. The van der Waals surface area contributed by atoms with Crippen LogP contribution in [0.5, 0.6) is 0 Å². The van der Waals surface area contributed by atoms with Gasteiger partial charge in [-0.15, -0.1) is 0 Å². The Balaban J connectivity index is 2.68. The minimum Gasteiger partial charge on any atom is -0.369 e. The van der Waals surface area contributed by atoms with Gasteiger partial charge in [0.2, 0.25) is 0 Å². The van der Waals surface area contributed by atoms with E-state index in [0.717, 1.165) is 19.5 Å². The van der Waals surface area contributed by atoms with Crippen LogP contribution in [0.1, 0.15) is 51.3 Å². The summed E-state index contributed by atoms with van der Waals surface area (Å²) in [6, 6.07) is 8.67. The minimum atomic E-state index is 0.147. The van der Waals surface area contributed by atoms with E-state index in [1.165, 1.54) is 11.1 Å². The van der Waals surface area contributed by atoms with Crippen LogP contribution in [0.25, 0.3) is 0 Å². The zero-order valence-corrected chi connectivity index (χ0v) is 13.1. The fraction of sp³-hybridized carbons (Fsp3) is 0.647. The molecule has 1 N–H and O–H groups in total. The Labute approximate surface area is 118 Å². The fourth-order valence-electron chi connectivity index (χ4n) is 2.30. The van der Waals surface area contributed by atoms with Gasteiger partial charge in [-0.3, -0.25) is 0 Å². The molecule has 0 saturated heterocycles. The smallest absolute Gasteiger partial charge is 0.0952 e. The maximum absolute atomic E-state index is 6.23. The molecule has 108 valence electrons. The third-order valence-corrected chi connectivity index (χ3v) is 3.23. The van der Waals surface area contributed by atoms with E-state index in [1.807, 2.05) is 0 Å². The van der Waals surface area contributed by atoms with Gasteiger partial charge in [-0.05, 0) is 38.3 Å². The van der Waals surface area contributed by atoms with Crippen molar-refractivity contribution in [3.05, 3.63) is 35.4 Å². The van der Waals surface area contributed by atoms with Crippen molar-refractivity contribution in [2.45, 2.75) is 53.2 Å². The molecule has 2 unspecified atom stereocenters. The van der Waals surface area contributed by atoms with Gasteiger partial charge in [0.1, 0.15) is 0 Å². The normalized spacial score (nSPS) is 14.6. The Bertz CT molecular complexity index is 345. The Morgan fingerprint density at radius 3 is 2.26 bits per heavy atom. The molecule has 2 atom stereocenters. The molecule has 2 nitrogen and oxygen atoms in total. The van der Waals surface area contributed by atoms with Gasteiger partial charge in [0, 0.05) is 6.54 Å². The molecule has 0 aromatic heterocycles. The Morgan fingerprint density at radius 2 is 1.74 bits per heavy atom. The molecule has 0 bridgehead atoms. The van der Waals surface area contributed by atoms with Crippen molar-refractivity contribution in [2.75, 3.05) is 13.1 Å². The van der Waals surface area contributed by atoms with Crippen molar-refractivity contribution >= 4 is 0 Å². The van der Waals surface area contributed by atoms with E-state index < -0.39 is 0 Å². The molecule has 1 aromatic rings. The Kier molecular flexibility index (Phi) is 7.11. The van der Waals surface area contributed by atoms with Crippen LogP contribution in [0.3, 0.4) is 0 Å². The number of likely N-dealkylation sites (N-methyl/N-ethyl adjacent to an activating group) is 1. The minimum absolute atomic E-state index is 0.147. The van der Waals surface area contributed by atoms with Crippen LogP contribution in [-0.4, -0.2) is 19.2 Å². The van der Waals surface area contributed by atoms with Crippen molar-refractivity contribution in [3.63, 3.8) is 0 Å². The van der Waals surface area contributed by atoms with Crippen LogP contribution >= 0.6 is 0 Å². The molecular weight excluding hydrogens is 234 g/mol. The lowest BCUT2D eigenvalue weighted by Gasteiger charge is -2.24. The first-order chi connectivity index (χ1) is 9.02. The number of hydrogen-bond donors (Lipinski definition) is 1. The quantitative estimate of drug-likeness (QED) is 0.762. The average Bonchev–Trinajstić information content (AvgIpc) is 2.34. The van der Waals surface area contributed by atoms with Gasteiger partial charge in [0.15, 0.2) is 0 Å². The Hall–Kier alpha value is -0.860. The van der Waals surface area contributed by atoms with Gasteiger partial charge in [-0.1, -0.05) is 50.6 Å². The van der Waals surface area contributed by atoms with E-state index >= 15 is 0 Å². The molecule has 0 spiro atoms. The first kappa shape index (κ1) is 16.2. The molecule has 0 heterocycles. The van der Waals surface area contributed by atoms with E-state index in [0.29, 0.717) is 12.0 Å². The summed E-state index contributed by atoms with van der Waals surface area (Å²) in [5, 5.41) is 3.40. The number of nitrogens with one attached hydrogen (secondary N) is 1. The second-order valence-electron chi connectivity index (χ2n) is 5.78. The van der Waals surface area contributed by atoms with E-state index in [1.54, 1.807) is 0 Å². The number of aryl methyl sites for hydroxylation is 1. The second-order valence-corrected chi connectivity index (χ2v) is 5.78. The average molecular weight is 263 g/mol. The lowest BCUT2D eigenvalue weighted by molar-refractivity contribution is -0.0124. The van der Waals surface area contributed by atoms with Crippen LogP contribution in [0, 0.1) is 12.8 Å². The number of ether oxygens (including phenoxy) is 1. The van der Waals surface area contributed by atoms with Gasteiger partial charge < -0.3 is 10.1 Å². The topological polar surface area (TPSA) is 21.3 Å². The highest BCUT2D eigenvalue weighted by atomic mass is 16.5. The molecule has 1 rings (SSSR count). The largest absolute Gasteiger partial charge is 0.369 e. The van der Waals surface area contributed by atoms with Crippen molar-refractivity contribution in [1.82, 2.24) is 5.32 Å². The van der Waals surface area contributed by atoms with Gasteiger partial charge >= 0.3 is 0 Å². The lowest BCUT2D eigenvalue weighted by Crippen LogP contribution is -2.26. The molecule has 19 heavy (non-hydrogen) atoms. The maximum atomic E-state index is 6.23. The summed E-state index contributed by atoms with van der Waals surface area (Å²) in [5.41, 5.74) is 2.56. The van der Waals surface area contributed by atoms with Crippen molar-refractivity contribution < 1.29 is 4.74 Å². The first-order valence-electron chi connectivity index (χ1n) is 7.45. The molecule has 0 radical (unpaired) electrons. The summed E-state index contributed by atoms with van der Waals surface area (Å²) in [6.45, 7) is 12.8. The van der Waals surface area contributed by atoms with Gasteiger partial charge in [0.25, 0.3) is 0 Å². The monoisotopic (exact) mass is 263 g/mol. The van der Waals surface area contributed by atoms with Crippen LogP contribution in [0.4, 0.5) is 0 Å². The highest BCUT2D eigenvalue weighted by Crippen LogP contribution is 2.21. The molecule has 0 fully saturated rings. The third-order valence-electron chi connectivity index (χ3n) is 3.23. The highest BCUT2D eigenvalue weighted by molar-refractivity contribution is 5.23. The summed E-state index contributed by atoms with van der Waals surface area (Å²) in [6.07, 6.45) is 1.55. The van der Waals surface area contributed by atoms with Gasteiger partial charge in [0.05, 0.1) is 12.2 Å². The van der Waals surface area contributed by atoms with Crippen LogP contribution in [0.15, 0.2) is 24.3 Å². The molecule has 0 aliphatic rings. The molecule has 1 aromatic carbocycles. The molecule has 0 amide bonds. The van der Waals surface area contributed by atoms with Crippen LogP contribution < -0.4 is 5.32 Å². The van der Waals surface area contributed by atoms with Crippen LogP contribution in [-0.2, 0) is 4.74 Å². The first-order valence-corrected chi connectivity index (χ1v) is 7.45. The van der Waals surface area contributed by atoms with Crippen LogP contribution in [0.2, 0.25) is 0 Å². The van der Waals surface area contributed by atoms with Crippen molar-refractivity contribution in [2.24, 2.45) is 5.92 Å². The van der Waals surface area contributed by atoms with Crippen molar-refractivity contribution in [3.8, 4) is 0 Å². The maximum Gasteiger partial charge on any atom is 0.0952 e. The van der Waals surface area contributed by atoms with E-state index in [9.17, 15) is 0 Å². The summed E-state index contributed by atoms with van der Waals surface area (Å²) in [5.74, 6) is 0.674. The van der Waals surface area contributed by atoms with E-state index in [-0.39, 0.29) is 6.10 Å². The standard InChI is InChI=1S/C17H29NO/c1-6-18-12-17(19-15(5)11-13(2)3)16-9-7-14(4)8-10-16/h7-10,13,15,17-18H,6,11-12H2,1-5H3. The predicted molar refractivity (Wildman–Crippen MR) is 82.5 cm³/mol. The molecular formula is C17H29NO. The number of rotatable bonds is 8.